The fraction of sp³-hybridized carbons (Fsp3) is 0.0769. The van der Waals surface area contributed by atoms with Crippen LogP contribution in [-0.4, -0.2) is 25.6 Å². The number of benzene rings is 1. The number of pyridine rings is 1. The second kappa shape index (κ2) is 6.01. The van der Waals surface area contributed by atoms with E-state index in [1.165, 1.54) is 36.4 Å². The Balaban J connectivity index is 2.22. The fourth-order valence-corrected chi connectivity index (χ4v) is 2.52. The van der Waals surface area contributed by atoms with Crippen molar-refractivity contribution in [2.24, 2.45) is 0 Å². The average molecular weight is 345 g/mol. The number of sulfone groups is 1. The topological polar surface area (TPSA) is 76.1 Å². The number of hydrogen-bond acceptors (Lipinski definition) is 4. The smallest absolute Gasteiger partial charge is 0.275 e. The van der Waals surface area contributed by atoms with E-state index in [0.29, 0.717) is 5.69 Å². The lowest BCUT2D eigenvalue weighted by molar-refractivity contribution is 0.102. The summed E-state index contributed by atoms with van der Waals surface area (Å²) in [6.07, 6.45) is 1.11. The first-order valence-electron chi connectivity index (χ1n) is 5.71. The van der Waals surface area contributed by atoms with Crippen LogP contribution in [0.1, 0.15) is 10.5 Å². The van der Waals surface area contributed by atoms with Crippen molar-refractivity contribution >= 4 is 44.6 Å². The summed E-state index contributed by atoms with van der Waals surface area (Å²) in [6.45, 7) is 0. The summed E-state index contributed by atoms with van der Waals surface area (Å²) in [6, 6.07) is 8.70. The number of nitrogens with zero attached hydrogens (tertiary/aromatic N) is 1. The molecular formula is C13H10Cl2N2O3S. The molecule has 0 aliphatic rings. The number of aromatic nitrogens is 1. The van der Waals surface area contributed by atoms with Crippen molar-refractivity contribution in [3.05, 3.63) is 52.3 Å². The highest BCUT2D eigenvalue weighted by Crippen LogP contribution is 2.19. The molecule has 0 bridgehead atoms. The van der Waals surface area contributed by atoms with Gasteiger partial charge < -0.3 is 5.32 Å². The minimum absolute atomic E-state index is 0.00337. The summed E-state index contributed by atoms with van der Waals surface area (Å²) in [5.74, 6) is -0.533. The molecule has 2 rings (SSSR count). The van der Waals surface area contributed by atoms with Gasteiger partial charge in [-0.2, -0.15) is 0 Å². The Kier molecular flexibility index (Phi) is 4.51. The van der Waals surface area contributed by atoms with Gasteiger partial charge in [0.25, 0.3) is 5.91 Å². The molecule has 0 radical (unpaired) electrons. The van der Waals surface area contributed by atoms with E-state index < -0.39 is 15.7 Å². The molecule has 0 spiro atoms. The molecule has 0 unspecified atom stereocenters. The van der Waals surface area contributed by atoms with Gasteiger partial charge in [0.15, 0.2) is 9.84 Å². The summed E-state index contributed by atoms with van der Waals surface area (Å²) in [5, 5.41) is 2.89. The van der Waals surface area contributed by atoms with Crippen molar-refractivity contribution < 1.29 is 13.2 Å². The number of amides is 1. The van der Waals surface area contributed by atoms with Crippen LogP contribution < -0.4 is 5.32 Å². The highest BCUT2D eigenvalue weighted by Gasteiger charge is 2.14. The first-order chi connectivity index (χ1) is 9.77. The molecule has 0 saturated heterocycles. The fourth-order valence-electron chi connectivity index (χ4n) is 1.55. The zero-order valence-electron chi connectivity index (χ0n) is 10.8. The van der Waals surface area contributed by atoms with Crippen molar-refractivity contribution in [2.75, 3.05) is 11.6 Å². The summed E-state index contributed by atoms with van der Waals surface area (Å²) in [5.41, 5.74) is 0.418. The predicted octanol–water partition coefficient (Wildman–Crippen LogP) is 3.04. The van der Waals surface area contributed by atoms with Crippen molar-refractivity contribution in [3.63, 3.8) is 0 Å². The van der Waals surface area contributed by atoms with Crippen molar-refractivity contribution in [3.8, 4) is 0 Å². The molecular weight excluding hydrogens is 335 g/mol. The van der Waals surface area contributed by atoms with E-state index in [1.54, 1.807) is 0 Å². The summed E-state index contributed by atoms with van der Waals surface area (Å²) in [7, 11) is -3.28. The van der Waals surface area contributed by atoms with Crippen LogP contribution in [0.15, 0.2) is 41.3 Å². The molecule has 1 aromatic carbocycles. The van der Waals surface area contributed by atoms with E-state index in [4.69, 9.17) is 23.2 Å². The zero-order chi connectivity index (χ0) is 15.6. The Labute approximate surface area is 131 Å². The number of carbonyl (C=O) groups is 1. The number of hydrogen-bond donors (Lipinski definition) is 1. The van der Waals surface area contributed by atoms with E-state index in [-0.39, 0.29) is 20.8 Å². The molecule has 21 heavy (non-hydrogen) atoms. The highest BCUT2D eigenvalue weighted by atomic mass is 35.5. The van der Waals surface area contributed by atoms with Crippen LogP contribution >= 0.6 is 23.2 Å². The van der Waals surface area contributed by atoms with Crippen molar-refractivity contribution in [1.82, 2.24) is 4.98 Å². The van der Waals surface area contributed by atoms with Crippen molar-refractivity contribution in [2.45, 2.75) is 4.90 Å². The lowest BCUT2D eigenvalue weighted by Gasteiger charge is -2.07. The number of halogens is 2. The van der Waals surface area contributed by atoms with E-state index in [0.717, 1.165) is 6.26 Å². The van der Waals surface area contributed by atoms with Gasteiger partial charge >= 0.3 is 0 Å². The quantitative estimate of drug-likeness (QED) is 0.868. The molecule has 1 aromatic heterocycles. The van der Waals surface area contributed by atoms with Crippen molar-refractivity contribution in [1.29, 1.82) is 0 Å². The average Bonchev–Trinajstić information content (AvgIpc) is 2.41. The zero-order valence-corrected chi connectivity index (χ0v) is 13.1. The van der Waals surface area contributed by atoms with Gasteiger partial charge in [0.2, 0.25) is 0 Å². The SMILES string of the molecule is CS(=O)(=O)c1ccc(NC(=O)c2nc(Cl)ccc2Cl)cc1. The third-order valence-corrected chi connectivity index (χ3v) is 4.21. The summed E-state index contributed by atoms with van der Waals surface area (Å²) < 4.78 is 22.7. The van der Waals surface area contributed by atoms with Gasteiger partial charge in [-0.25, -0.2) is 13.4 Å². The highest BCUT2D eigenvalue weighted by molar-refractivity contribution is 7.90. The molecule has 2 aromatic rings. The minimum atomic E-state index is -3.28. The molecule has 0 fully saturated rings. The van der Waals surface area contributed by atoms with E-state index in [2.05, 4.69) is 10.3 Å². The van der Waals surface area contributed by atoms with Gasteiger partial charge in [0, 0.05) is 11.9 Å². The second-order valence-corrected chi connectivity index (χ2v) is 7.03. The molecule has 0 aliphatic heterocycles. The van der Waals surface area contributed by atoms with Crippen LogP contribution in [0.4, 0.5) is 5.69 Å². The summed E-state index contributed by atoms with van der Waals surface area (Å²) >= 11 is 11.6. The maximum absolute atomic E-state index is 12.0. The van der Waals surface area contributed by atoms with Crippen LogP contribution in [0.5, 0.6) is 0 Å². The van der Waals surface area contributed by atoms with Gasteiger partial charge in [-0.05, 0) is 36.4 Å². The number of carbonyl (C=O) groups excluding carboxylic acids is 1. The molecule has 5 nitrogen and oxygen atoms in total. The largest absolute Gasteiger partial charge is 0.321 e. The lowest BCUT2D eigenvalue weighted by Crippen LogP contribution is -2.14. The minimum Gasteiger partial charge on any atom is -0.321 e. The Hall–Kier alpha value is -1.63. The molecule has 1 amide bonds. The Morgan fingerprint density at radius 1 is 1.10 bits per heavy atom. The van der Waals surface area contributed by atoms with Gasteiger partial charge in [-0.1, -0.05) is 23.2 Å². The maximum atomic E-state index is 12.0. The summed E-state index contributed by atoms with van der Waals surface area (Å²) in [4.78, 5) is 16.1. The Morgan fingerprint density at radius 3 is 2.29 bits per heavy atom. The number of rotatable bonds is 3. The number of nitrogens with one attached hydrogen (secondary N) is 1. The first kappa shape index (κ1) is 15.8. The third kappa shape index (κ3) is 3.93. The molecule has 8 heteroatoms. The lowest BCUT2D eigenvalue weighted by atomic mass is 10.3. The van der Waals surface area contributed by atoms with E-state index >= 15 is 0 Å². The second-order valence-electron chi connectivity index (χ2n) is 4.22. The van der Waals surface area contributed by atoms with Gasteiger partial charge in [0.1, 0.15) is 10.8 Å². The Bertz CT molecular complexity index is 790. The first-order valence-corrected chi connectivity index (χ1v) is 8.35. The third-order valence-electron chi connectivity index (χ3n) is 2.57. The number of anilines is 1. The molecule has 0 saturated carbocycles. The standard InChI is InChI=1S/C13H10Cl2N2O3S/c1-21(19,20)9-4-2-8(3-5-9)16-13(18)12-10(14)6-7-11(15)17-12/h2-7H,1H3,(H,16,18). The van der Waals surface area contributed by atoms with Crippen LogP contribution in [0.3, 0.4) is 0 Å². The van der Waals surface area contributed by atoms with Crippen LogP contribution in [0, 0.1) is 0 Å². The van der Waals surface area contributed by atoms with E-state index in [1.807, 2.05) is 0 Å². The van der Waals surface area contributed by atoms with Crippen LogP contribution in [0.25, 0.3) is 0 Å². The predicted molar refractivity (Wildman–Crippen MR) is 81.8 cm³/mol. The van der Waals surface area contributed by atoms with E-state index in [9.17, 15) is 13.2 Å². The van der Waals surface area contributed by atoms with Crippen LogP contribution in [0.2, 0.25) is 10.2 Å². The normalized spacial score (nSPS) is 11.2. The van der Waals surface area contributed by atoms with Crippen LogP contribution in [-0.2, 0) is 9.84 Å². The Morgan fingerprint density at radius 2 is 1.71 bits per heavy atom. The molecule has 0 aliphatic carbocycles. The maximum Gasteiger partial charge on any atom is 0.275 e. The molecule has 1 N–H and O–H groups in total. The molecule has 1 heterocycles. The van der Waals surface area contributed by atoms with Gasteiger partial charge in [-0.15, -0.1) is 0 Å². The molecule has 0 atom stereocenters. The van der Waals surface area contributed by atoms with Gasteiger partial charge in [0.05, 0.1) is 9.92 Å². The monoisotopic (exact) mass is 344 g/mol. The van der Waals surface area contributed by atoms with Gasteiger partial charge in [-0.3, -0.25) is 4.79 Å². The molecule has 110 valence electrons.